The molecule has 2 rings (SSSR count). The van der Waals surface area contributed by atoms with Crippen molar-refractivity contribution in [3.05, 3.63) is 34.1 Å². The summed E-state index contributed by atoms with van der Waals surface area (Å²) in [5, 5.41) is 2.87. The van der Waals surface area contributed by atoms with Crippen LogP contribution in [-0.4, -0.2) is 11.9 Å². The Morgan fingerprint density at radius 3 is 3.06 bits per heavy atom. The van der Waals surface area contributed by atoms with E-state index in [1.807, 2.05) is 0 Å². The van der Waals surface area contributed by atoms with E-state index in [0.29, 0.717) is 10.4 Å². The SMILES string of the molecule is CCCC1CC1NC(=O)c1cccc(Br)c1F. The molecule has 0 spiro atoms. The molecule has 0 bridgehead atoms. The molecule has 2 nitrogen and oxygen atoms in total. The molecule has 2 unspecified atom stereocenters. The maximum Gasteiger partial charge on any atom is 0.254 e. The highest BCUT2D eigenvalue weighted by Crippen LogP contribution is 2.34. The summed E-state index contributed by atoms with van der Waals surface area (Å²) in [6, 6.07) is 5.00. The first-order chi connectivity index (χ1) is 8.13. The van der Waals surface area contributed by atoms with Gasteiger partial charge in [0.25, 0.3) is 5.91 Å². The van der Waals surface area contributed by atoms with Crippen molar-refractivity contribution in [3.63, 3.8) is 0 Å². The number of hydrogen-bond donors (Lipinski definition) is 1. The first-order valence-electron chi connectivity index (χ1n) is 5.88. The molecule has 4 heteroatoms. The highest BCUT2D eigenvalue weighted by molar-refractivity contribution is 9.10. The van der Waals surface area contributed by atoms with E-state index in [9.17, 15) is 9.18 Å². The Bertz CT molecular complexity index is 435. The molecular weight excluding hydrogens is 285 g/mol. The molecule has 1 saturated carbocycles. The van der Waals surface area contributed by atoms with Gasteiger partial charge in [-0.1, -0.05) is 19.4 Å². The Kier molecular flexibility index (Phi) is 3.82. The van der Waals surface area contributed by atoms with Crippen molar-refractivity contribution in [2.45, 2.75) is 32.2 Å². The van der Waals surface area contributed by atoms with Gasteiger partial charge in [0.1, 0.15) is 5.82 Å². The van der Waals surface area contributed by atoms with Crippen molar-refractivity contribution in [1.82, 2.24) is 5.32 Å². The average molecular weight is 300 g/mol. The van der Waals surface area contributed by atoms with Crippen LogP contribution in [0.4, 0.5) is 4.39 Å². The smallest absolute Gasteiger partial charge is 0.254 e. The molecule has 0 aromatic heterocycles. The Balaban J connectivity index is 1.99. The summed E-state index contributed by atoms with van der Waals surface area (Å²) in [5.41, 5.74) is 0.113. The molecule has 1 aliphatic rings. The quantitative estimate of drug-likeness (QED) is 0.906. The molecule has 0 radical (unpaired) electrons. The van der Waals surface area contributed by atoms with Crippen LogP contribution in [0.25, 0.3) is 0 Å². The van der Waals surface area contributed by atoms with Gasteiger partial charge in [-0.25, -0.2) is 4.39 Å². The van der Waals surface area contributed by atoms with Crippen LogP contribution < -0.4 is 5.32 Å². The number of carbonyl (C=O) groups excluding carboxylic acids is 1. The maximum atomic E-state index is 13.7. The molecule has 1 aliphatic carbocycles. The zero-order chi connectivity index (χ0) is 12.4. The predicted molar refractivity (Wildman–Crippen MR) is 68.4 cm³/mol. The van der Waals surface area contributed by atoms with Gasteiger partial charge in [0.15, 0.2) is 0 Å². The maximum absolute atomic E-state index is 13.7. The molecule has 1 aromatic rings. The van der Waals surface area contributed by atoms with Gasteiger partial charge >= 0.3 is 0 Å². The zero-order valence-electron chi connectivity index (χ0n) is 9.67. The van der Waals surface area contributed by atoms with Gasteiger partial charge in [0, 0.05) is 6.04 Å². The van der Waals surface area contributed by atoms with Crippen LogP contribution in [0.5, 0.6) is 0 Å². The monoisotopic (exact) mass is 299 g/mol. The second-order valence-electron chi connectivity index (χ2n) is 4.47. The summed E-state index contributed by atoms with van der Waals surface area (Å²) in [5.74, 6) is -0.218. The lowest BCUT2D eigenvalue weighted by molar-refractivity contribution is 0.0944. The predicted octanol–water partition coefficient (Wildman–Crippen LogP) is 3.51. The average Bonchev–Trinajstić information content (AvgIpc) is 3.01. The van der Waals surface area contributed by atoms with Crippen LogP contribution in [0.15, 0.2) is 22.7 Å². The van der Waals surface area contributed by atoms with Crippen LogP contribution in [0, 0.1) is 11.7 Å². The Labute approximate surface area is 109 Å². The van der Waals surface area contributed by atoms with E-state index in [2.05, 4.69) is 28.2 Å². The second-order valence-corrected chi connectivity index (χ2v) is 5.32. The van der Waals surface area contributed by atoms with Gasteiger partial charge in [-0.2, -0.15) is 0 Å². The van der Waals surface area contributed by atoms with E-state index >= 15 is 0 Å². The molecular formula is C13H15BrFNO. The summed E-state index contributed by atoms with van der Waals surface area (Å²) in [7, 11) is 0. The van der Waals surface area contributed by atoms with E-state index in [1.54, 1.807) is 12.1 Å². The topological polar surface area (TPSA) is 29.1 Å². The number of carbonyl (C=O) groups is 1. The van der Waals surface area contributed by atoms with Crippen LogP contribution in [0.3, 0.4) is 0 Å². The molecule has 1 N–H and O–H groups in total. The van der Waals surface area contributed by atoms with Gasteiger partial charge in [0.2, 0.25) is 0 Å². The summed E-state index contributed by atoms with van der Waals surface area (Å²) in [4.78, 5) is 11.8. The van der Waals surface area contributed by atoms with Crippen LogP contribution >= 0.6 is 15.9 Å². The Morgan fingerprint density at radius 1 is 1.59 bits per heavy atom. The van der Waals surface area contributed by atoms with E-state index in [4.69, 9.17) is 0 Å². The lowest BCUT2D eigenvalue weighted by atomic mass is 10.2. The highest BCUT2D eigenvalue weighted by atomic mass is 79.9. The van der Waals surface area contributed by atoms with E-state index < -0.39 is 5.82 Å². The van der Waals surface area contributed by atoms with E-state index in [-0.39, 0.29) is 17.5 Å². The van der Waals surface area contributed by atoms with Gasteiger partial charge in [-0.05, 0) is 46.8 Å². The first kappa shape index (κ1) is 12.6. The van der Waals surface area contributed by atoms with E-state index in [1.165, 1.54) is 6.07 Å². The molecule has 0 heterocycles. The number of nitrogens with one attached hydrogen (secondary N) is 1. The van der Waals surface area contributed by atoms with E-state index in [0.717, 1.165) is 19.3 Å². The highest BCUT2D eigenvalue weighted by Gasteiger charge is 2.37. The Hall–Kier alpha value is -0.900. The molecule has 1 amide bonds. The van der Waals surface area contributed by atoms with Crippen molar-refractivity contribution >= 4 is 21.8 Å². The summed E-state index contributed by atoms with van der Waals surface area (Å²) in [6.07, 6.45) is 3.28. The minimum Gasteiger partial charge on any atom is -0.349 e. The third-order valence-electron chi connectivity index (χ3n) is 3.09. The molecule has 0 aliphatic heterocycles. The van der Waals surface area contributed by atoms with Gasteiger partial charge < -0.3 is 5.32 Å². The molecule has 92 valence electrons. The fourth-order valence-corrected chi connectivity index (χ4v) is 2.41. The number of amides is 1. The fourth-order valence-electron chi connectivity index (χ4n) is 2.04. The van der Waals surface area contributed by atoms with Crippen molar-refractivity contribution in [1.29, 1.82) is 0 Å². The molecule has 0 saturated heterocycles. The van der Waals surface area contributed by atoms with Crippen LogP contribution in [-0.2, 0) is 0 Å². The van der Waals surface area contributed by atoms with Crippen molar-refractivity contribution in [3.8, 4) is 0 Å². The number of hydrogen-bond acceptors (Lipinski definition) is 1. The fraction of sp³-hybridized carbons (Fsp3) is 0.462. The van der Waals surface area contributed by atoms with Crippen molar-refractivity contribution in [2.75, 3.05) is 0 Å². The minimum atomic E-state index is -0.488. The number of benzene rings is 1. The third-order valence-corrected chi connectivity index (χ3v) is 3.71. The third kappa shape index (κ3) is 2.86. The molecule has 2 atom stereocenters. The molecule has 17 heavy (non-hydrogen) atoms. The number of rotatable bonds is 4. The van der Waals surface area contributed by atoms with Gasteiger partial charge in [-0.15, -0.1) is 0 Å². The summed E-state index contributed by atoms with van der Waals surface area (Å²) < 4.78 is 14.0. The molecule has 1 aromatic carbocycles. The van der Waals surface area contributed by atoms with Crippen molar-refractivity contribution < 1.29 is 9.18 Å². The van der Waals surface area contributed by atoms with Gasteiger partial charge in [0.05, 0.1) is 10.0 Å². The summed E-state index contributed by atoms with van der Waals surface area (Å²) in [6.45, 7) is 2.13. The van der Waals surface area contributed by atoms with Gasteiger partial charge in [-0.3, -0.25) is 4.79 Å². The Morgan fingerprint density at radius 2 is 2.35 bits per heavy atom. The standard InChI is InChI=1S/C13H15BrFNO/c1-2-4-8-7-11(8)16-13(17)9-5-3-6-10(14)12(9)15/h3,5-6,8,11H,2,4,7H2,1H3,(H,16,17). The largest absolute Gasteiger partial charge is 0.349 e. The normalized spacial score (nSPS) is 22.3. The zero-order valence-corrected chi connectivity index (χ0v) is 11.3. The van der Waals surface area contributed by atoms with Crippen LogP contribution in [0.2, 0.25) is 0 Å². The number of halogens is 2. The molecule has 1 fully saturated rings. The van der Waals surface area contributed by atoms with Crippen molar-refractivity contribution in [2.24, 2.45) is 5.92 Å². The lowest BCUT2D eigenvalue weighted by Crippen LogP contribution is -2.27. The first-order valence-corrected chi connectivity index (χ1v) is 6.67. The van der Waals surface area contributed by atoms with Crippen LogP contribution in [0.1, 0.15) is 36.5 Å². The second kappa shape index (κ2) is 5.17. The summed E-state index contributed by atoms with van der Waals surface area (Å²) >= 11 is 3.08. The lowest BCUT2D eigenvalue weighted by Gasteiger charge is -2.06. The minimum absolute atomic E-state index is 0.113.